The topological polar surface area (TPSA) is 158 Å². The summed E-state index contributed by atoms with van der Waals surface area (Å²) in [5, 5.41) is 16.2. The van der Waals surface area contributed by atoms with E-state index in [0.717, 1.165) is 58.7 Å². The van der Waals surface area contributed by atoms with Gasteiger partial charge < -0.3 is 36.3 Å². The molecule has 202 valence electrons. The van der Waals surface area contributed by atoms with Gasteiger partial charge in [0.2, 0.25) is 0 Å². The quantitative estimate of drug-likeness (QED) is 0.166. The molecule has 2 aromatic rings. The molecule has 0 saturated carbocycles. The maximum absolute atomic E-state index is 12.5. The van der Waals surface area contributed by atoms with E-state index in [4.69, 9.17) is 15.7 Å². The molecule has 0 amide bonds. The Balaban J connectivity index is 0.000000614. The van der Waals surface area contributed by atoms with Crippen LogP contribution in [-0.2, 0) is 6.42 Å². The number of aromatic amines is 1. The van der Waals surface area contributed by atoms with Crippen LogP contribution in [0.5, 0.6) is 0 Å². The number of amidine groups is 1. The second kappa shape index (κ2) is 18.7. The number of H-pyrrole nitrogens is 1. The number of aromatic nitrogens is 2. The fourth-order valence-electron chi connectivity index (χ4n) is 2.87. The lowest BCUT2D eigenvalue weighted by Crippen LogP contribution is -2.35. The molecule has 3 rings (SSSR count). The maximum Gasteiger partial charge on any atom is 0.147 e. The summed E-state index contributed by atoms with van der Waals surface area (Å²) in [5.74, 6) is 3.53. The van der Waals surface area contributed by atoms with Crippen molar-refractivity contribution in [1.29, 1.82) is 5.41 Å². The molecule has 0 bridgehead atoms. The summed E-state index contributed by atoms with van der Waals surface area (Å²) in [4.78, 5) is 9.42. The second-order valence-electron chi connectivity index (χ2n) is 7.57. The Kier molecular flexibility index (Phi) is 17.4. The van der Waals surface area contributed by atoms with Gasteiger partial charge in [-0.2, -0.15) is 0 Å². The highest BCUT2D eigenvalue weighted by Gasteiger charge is 2.07. The summed E-state index contributed by atoms with van der Waals surface area (Å²) in [6.45, 7) is 6.54. The Morgan fingerprint density at radius 1 is 1.39 bits per heavy atom. The predicted octanol–water partition coefficient (Wildman–Crippen LogP) is 4.09. The van der Waals surface area contributed by atoms with Gasteiger partial charge in [-0.15, -0.1) is 11.8 Å². The molecule has 0 aliphatic carbocycles. The molecule has 1 aromatic carbocycles. The fourth-order valence-corrected chi connectivity index (χ4v) is 3.58. The highest BCUT2D eigenvalue weighted by atomic mass is 32.2. The molecular weight excluding hydrogens is 501 g/mol. The summed E-state index contributed by atoms with van der Waals surface area (Å²) in [5.41, 5.74) is 8.90. The number of nitrogens with one attached hydrogen (secondary N) is 4. The molecule has 12 heteroatoms. The van der Waals surface area contributed by atoms with E-state index >= 15 is 0 Å². The van der Waals surface area contributed by atoms with Crippen molar-refractivity contribution in [2.75, 3.05) is 37.6 Å². The summed E-state index contributed by atoms with van der Waals surface area (Å²) in [6.07, 6.45) is 4.42. The number of imidazole rings is 1. The molecule has 1 aliphatic heterocycles. The van der Waals surface area contributed by atoms with E-state index in [1.807, 2.05) is 38.3 Å². The van der Waals surface area contributed by atoms with Crippen molar-refractivity contribution in [3.63, 3.8) is 0 Å². The van der Waals surface area contributed by atoms with E-state index in [2.05, 4.69) is 27.5 Å². The number of nitrogens with zero attached hydrogens (tertiary/aromatic N) is 2. The van der Waals surface area contributed by atoms with Gasteiger partial charge in [-0.1, -0.05) is 13.8 Å². The molecular formula is C24H40FN7O2S2. The SMILES string of the molecule is CCSO.CCc1[nH]c(/C=C\C(=N)N(C)CC(C)N)nc1NC.Fc1ccc(C2=CSCN2)cc1.O. The third-order valence-corrected chi connectivity index (χ3v) is 5.56. The Hall–Kier alpha value is -2.51. The summed E-state index contributed by atoms with van der Waals surface area (Å²) < 4.78 is 20.3. The highest BCUT2D eigenvalue weighted by molar-refractivity contribution is 8.02. The lowest BCUT2D eigenvalue weighted by molar-refractivity contribution is 0.463. The minimum atomic E-state index is -0.190. The molecule has 1 aliphatic rings. The molecule has 0 spiro atoms. The Morgan fingerprint density at radius 2 is 2.03 bits per heavy atom. The molecule has 0 fully saturated rings. The number of aryl methyl sites for hydroxylation is 1. The molecule has 1 atom stereocenters. The standard InChI is InChI=1S/C13H24N6.C9H8FNS.C2H6OS.H2O/c1-5-10-13(16-3)18-12(17-10)7-6-11(15)19(4)8-9(2)14;10-8-3-1-7(2-4-8)9-5-12-6-11-9;1-2-4-3;/h6-7,9,15-16H,5,8,14H2,1-4H3,(H,17,18);1-5,11H,6H2;3H,2H2,1H3;1H2/b7-6-,15-11?;;;. The Labute approximate surface area is 222 Å². The first kappa shape index (κ1) is 33.5. The zero-order valence-corrected chi connectivity index (χ0v) is 23.2. The third-order valence-electron chi connectivity index (χ3n) is 4.59. The van der Waals surface area contributed by atoms with Gasteiger partial charge in [0.25, 0.3) is 0 Å². The number of thioether (sulfide) groups is 1. The van der Waals surface area contributed by atoms with Crippen LogP contribution >= 0.6 is 23.8 Å². The van der Waals surface area contributed by atoms with Crippen molar-refractivity contribution < 1.29 is 14.4 Å². The normalized spacial score (nSPS) is 12.7. The van der Waals surface area contributed by atoms with Crippen molar-refractivity contribution in [3.05, 3.63) is 58.6 Å². The van der Waals surface area contributed by atoms with E-state index in [1.165, 1.54) is 12.1 Å². The molecule has 1 unspecified atom stereocenters. The molecule has 36 heavy (non-hydrogen) atoms. The number of nitrogens with two attached hydrogens (primary N) is 1. The van der Waals surface area contributed by atoms with Crippen molar-refractivity contribution in [1.82, 2.24) is 20.2 Å². The van der Waals surface area contributed by atoms with E-state index in [9.17, 15) is 4.39 Å². The van der Waals surface area contributed by atoms with Gasteiger partial charge in [0, 0.05) is 38.1 Å². The minimum Gasteiger partial charge on any atom is -0.412 e. The summed E-state index contributed by atoms with van der Waals surface area (Å²) >= 11 is 2.57. The van der Waals surface area contributed by atoms with Crippen molar-refractivity contribution in [2.45, 2.75) is 33.2 Å². The van der Waals surface area contributed by atoms with Crippen LogP contribution in [0.25, 0.3) is 11.8 Å². The average molecular weight is 542 g/mol. The van der Waals surface area contributed by atoms with Gasteiger partial charge in [-0.25, -0.2) is 9.37 Å². The zero-order chi connectivity index (χ0) is 26.2. The monoisotopic (exact) mass is 541 g/mol. The van der Waals surface area contributed by atoms with Gasteiger partial charge >= 0.3 is 0 Å². The zero-order valence-electron chi connectivity index (χ0n) is 21.6. The number of hydrogen-bond donors (Lipinski definition) is 6. The highest BCUT2D eigenvalue weighted by Crippen LogP contribution is 2.21. The second-order valence-corrected chi connectivity index (χ2v) is 9.27. The Morgan fingerprint density at radius 3 is 2.47 bits per heavy atom. The summed E-state index contributed by atoms with van der Waals surface area (Å²) in [6, 6.07) is 6.55. The average Bonchev–Trinajstić information content (AvgIpc) is 3.53. The third kappa shape index (κ3) is 12.5. The predicted molar refractivity (Wildman–Crippen MR) is 155 cm³/mol. The lowest BCUT2D eigenvalue weighted by Gasteiger charge is -2.19. The van der Waals surface area contributed by atoms with E-state index in [1.54, 1.807) is 36.0 Å². The number of hydrogen-bond acceptors (Lipinski definition) is 8. The number of anilines is 1. The first-order valence-electron chi connectivity index (χ1n) is 11.3. The largest absolute Gasteiger partial charge is 0.412 e. The van der Waals surface area contributed by atoms with Crippen molar-refractivity contribution >= 4 is 47.2 Å². The first-order valence-corrected chi connectivity index (χ1v) is 13.3. The van der Waals surface area contributed by atoms with E-state index in [0.29, 0.717) is 12.4 Å². The number of rotatable bonds is 8. The van der Waals surface area contributed by atoms with Crippen molar-refractivity contribution in [3.8, 4) is 0 Å². The smallest absolute Gasteiger partial charge is 0.147 e. The van der Waals surface area contributed by atoms with E-state index < -0.39 is 0 Å². The minimum absolute atomic E-state index is 0. The van der Waals surface area contributed by atoms with Crippen LogP contribution in [0.3, 0.4) is 0 Å². The number of likely N-dealkylation sites (N-methyl/N-ethyl adjacent to an activating group) is 1. The maximum atomic E-state index is 12.5. The molecule has 9 N–H and O–H groups in total. The van der Waals surface area contributed by atoms with Gasteiger partial charge in [-0.05, 0) is 72.8 Å². The summed E-state index contributed by atoms with van der Waals surface area (Å²) in [7, 11) is 3.70. The van der Waals surface area contributed by atoms with Crippen LogP contribution in [0, 0.1) is 11.2 Å². The lowest BCUT2D eigenvalue weighted by atomic mass is 10.2. The fraction of sp³-hybridized carbons (Fsp3) is 0.417. The molecule has 2 heterocycles. The Bertz CT molecular complexity index is 927. The first-order chi connectivity index (χ1) is 16.7. The number of benzene rings is 1. The van der Waals surface area contributed by atoms with Crippen LogP contribution in [-0.4, -0.2) is 69.0 Å². The van der Waals surface area contributed by atoms with Gasteiger partial charge in [0.15, 0.2) is 0 Å². The molecule has 1 aromatic heterocycles. The van der Waals surface area contributed by atoms with Crippen LogP contribution in [0.2, 0.25) is 0 Å². The van der Waals surface area contributed by atoms with Crippen LogP contribution in [0.15, 0.2) is 35.7 Å². The van der Waals surface area contributed by atoms with Crippen molar-refractivity contribution in [2.24, 2.45) is 5.73 Å². The molecule has 0 radical (unpaired) electrons. The van der Waals surface area contributed by atoms with Crippen LogP contribution < -0.4 is 16.4 Å². The molecule has 9 nitrogen and oxygen atoms in total. The van der Waals surface area contributed by atoms with E-state index in [-0.39, 0.29) is 17.3 Å². The van der Waals surface area contributed by atoms with Crippen LogP contribution in [0.1, 0.15) is 37.9 Å². The van der Waals surface area contributed by atoms with Crippen LogP contribution in [0.4, 0.5) is 10.2 Å². The van der Waals surface area contributed by atoms with Gasteiger partial charge in [-0.3, -0.25) is 5.41 Å². The van der Waals surface area contributed by atoms with Gasteiger partial charge in [0.05, 0.1) is 11.6 Å². The molecule has 0 saturated heterocycles. The van der Waals surface area contributed by atoms with Gasteiger partial charge in [0.1, 0.15) is 23.3 Å². The number of halogens is 1.